The number of aliphatic carboxylic acids is 1. The number of para-hydroxylation sites is 1. The molecule has 0 bridgehead atoms. The minimum atomic E-state index is -5.08. The second kappa shape index (κ2) is 10.8. The highest BCUT2D eigenvalue weighted by Gasteiger charge is 2.38. The van der Waals surface area contributed by atoms with E-state index in [9.17, 15) is 22.0 Å². The van der Waals surface area contributed by atoms with Crippen molar-refractivity contribution in [3.8, 4) is 17.2 Å². The second-order valence-corrected chi connectivity index (χ2v) is 6.45. The van der Waals surface area contributed by atoms with Gasteiger partial charge in [-0.1, -0.05) is 6.07 Å². The molecule has 1 aliphatic heterocycles. The molecule has 2 aromatic carbocycles. The molecule has 0 saturated carbocycles. The fraction of sp³-hybridized carbons (Fsp3) is 0.350. The molecule has 5 nitrogen and oxygen atoms in total. The standard InChI is InChI=1S/C18H19F2NO2.C2HF3O2/c19-14-6-8-15(9-7-14)23-18-16(20)4-1-5-17(18)22-12-13-3-2-10-21-11-13;3-2(4,5)1(6)7/h1,4-9,13,21H,2-3,10-12H2;(H,6,7)/t13-;/m0./s1. The number of nitrogens with one attached hydrogen (secondary N) is 1. The summed E-state index contributed by atoms with van der Waals surface area (Å²) in [6.07, 6.45) is -2.87. The van der Waals surface area contributed by atoms with Crippen molar-refractivity contribution in [3.05, 3.63) is 54.1 Å². The number of carbonyl (C=O) groups is 1. The van der Waals surface area contributed by atoms with Gasteiger partial charge in [-0.3, -0.25) is 0 Å². The summed E-state index contributed by atoms with van der Waals surface area (Å²) in [6.45, 7) is 2.45. The number of benzene rings is 2. The lowest BCUT2D eigenvalue weighted by Crippen LogP contribution is -2.33. The van der Waals surface area contributed by atoms with Crippen LogP contribution in [0.25, 0.3) is 0 Å². The van der Waals surface area contributed by atoms with Crippen molar-refractivity contribution in [1.29, 1.82) is 0 Å². The van der Waals surface area contributed by atoms with Crippen LogP contribution in [-0.2, 0) is 4.79 Å². The number of hydrogen-bond acceptors (Lipinski definition) is 4. The molecule has 0 unspecified atom stereocenters. The minimum absolute atomic E-state index is 0.0304. The number of carboxylic acid groups (broad SMARTS) is 1. The predicted octanol–water partition coefficient (Wildman–Crippen LogP) is 4.77. The highest BCUT2D eigenvalue weighted by Crippen LogP contribution is 2.34. The molecule has 2 N–H and O–H groups in total. The first-order chi connectivity index (χ1) is 14.2. The van der Waals surface area contributed by atoms with Gasteiger partial charge in [0.1, 0.15) is 11.6 Å². The third-order valence-electron chi connectivity index (χ3n) is 4.08. The van der Waals surface area contributed by atoms with Crippen molar-refractivity contribution < 1.29 is 41.3 Å². The number of ether oxygens (including phenoxy) is 2. The first-order valence-electron chi connectivity index (χ1n) is 9.02. The zero-order chi connectivity index (χ0) is 22.1. The molecule has 1 atom stereocenters. The lowest BCUT2D eigenvalue weighted by Gasteiger charge is -2.23. The van der Waals surface area contributed by atoms with Crippen LogP contribution < -0.4 is 14.8 Å². The Morgan fingerprint density at radius 3 is 2.37 bits per heavy atom. The van der Waals surface area contributed by atoms with E-state index in [-0.39, 0.29) is 11.6 Å². The summed E-state index contributed by atoms with van der Waals surface area (Å²) in [5, 5.41) is 10.4. The number of alkyl halides is 3. The Labute approximate surface area is 169 Å². The van der Waals surface area contributed by atoms with Crippen LogP contribution >= 0.6 is 0 Å². The lowest BCUT2D eigenvalue weighted by molar-refractivity contribution is -0.192. The largest absolute Gasteiger partial charge is 0.490 e. The van der Waals surface area contributed by atoms with Crippen LogP contribution in [0.2, 0.25) is 0 Å². The molecule has 0 aromatic heterocycles. The van der Waals surface area contributed by atoms with Crippen LogP contribution in [0, 0.1) is 17.6 Å². The van der Waals surface area contributed by atoms with Gasteiger partial charge in [0.2, 0.25) is 5.75 Å². The maximum atomic E-state index is 14.1. The lowest BCUT2D eigenvalue weighted by atomic mass is 10.0. The molecular weight excluding hydrogens is 413 g/mol. The van der Waals surface area contributed by atoms with Crippen LogP contribution in [0.15, 0.2) is 42.5 Å². The Hall–Kier alpha value is -2.88. The molecule has 0 amide bonds. The zero-order valence-corrected chi connectivity index (χ0v) is 15.7. The SMILES string of the molecule is Fc1ccc(Oc2c(F)cccc2OC[C@H]2CCCNC2)cc1.O=C(O)C(F)(F)F. The van der Waals surface area contributed by atoms with Gasteiger partial charge in [0.25, 0.3) is 0 Å². The van der Waals surface area contributed by atoms with E-state index >= 15 is 0 Å². The van der Waals surface area contributed by atoms with Crippen LogP contribution in [0.1, 0.15) is 12.8 Å². The summed E-state index contributed by atoms with van der Waals surface area (Å²) < 4.78 is 70.1. The zero-order valence-electron chi connectivity index (χ0n) is 15.7. The molecule has 1 saturated heterocycles. The van der Waals surface area contributed by atoms with Gasteiger partial charge in [-0.05, 0) is 55.8 Å². The normalized spacial score (nSPS) is 16.2. The maximum Gasteiger partial charge on any atom is 0.490 e. The Balaban J connectivity index is 0.000000396. The summed E-state index contributed by atoms with van der Waals surface area (Å²) in [6, 6.07) is 10.0. The average molecular weight is 433 g/mol. The Bertz CT molecular complexity index is 821. The van der Waals surface area contributed by atoms with Crippen LogP contribution in [-0.4, -0.2) is 36.9 Å². The van der Waals surface area contributed by atoms with E-state index < -0.39 is 18.0 Å². The van der Waals surface area contributed by atoms with Gasteiger partial charge in [0.15, 0.2) is 11.6 Å². The maximum absolute atomic E-state index is 14.1. The van der Waals surface area contributed by atoms with Crippen molar-refractivity contribution >= 4 is 5.97 Å². The van der Waals surface area contributed by atoms with Crippen LogP contribution in [0.4, 0.5) is 22.0 Å². The summed E-state index contributed by atoms with van der Waals surface area (Å²) in [5.41, 5.74) is 0. The molecule has 1 fully saturated rings. The molecule has 1 heterocycles. The van der Waals surface area contributed by atoms with Crippen LogP contribution in [0.5, 0.6) is 17.2 Å². The number of carboxylic acids is 1. The second-order valence-electron chi connectivity index (χ2n) is 6.45. The first kappa shape index (κ1) is 23.4. The van der Waals surface area contributed by atoms with E-state index in [1.807, 2.05) is 0 Å². The number of rotatable bonds is 5. The van der Waals surface area contributed by atoms with E-state index in [0.717, 1.165) is 25.9 Å². The van der Waals surface area contributed by atoms with E-state index in [0.29, 0.717) is 24.0 Å². The van der Waals surface area contributed by atoms with E-state index in [2.05, 4.69) is 5.32 Å². The topological polar surface area (TPSA) is 67.8 Å². The van der Waals surface area contributed by atoms with Gasteiger partial charge >= 0.3 is 12.1 Å². The van der Waals surface area contributed by atoms with Gasteiger partial charge in [-0.15, -0.1) is 0 Å². The summed E-state index contributed by atoms with van der Waals surface area (Å²) in [4.78, 5) is 8.90. The number of hydrogen-bond donors (Lipinski definition) is 2. The molecule has 2 aromatic rings. The van der Waals surface area contributed by atoms with Crippen molar-refractivity contribution in [2.75, 3.05) is 19.7 Å². The van der Waals surface area contributed by atoms with Crippen molar-refractivity contribution in [3.63, 3.8) is 0 Å². The third-order valence-corrected chi connectivity index (χ3v) is 4.08. The molecule has 0 radical (unpaired) electrons. The molecule has 0 aliphatic carbocycles. The van der Waals surface area contributed by atoms with Gasteiger partial charge in [-0.2, -0.15) is 13.2 Å². The van der Waals surface area contributed by atoms with E-state index in [1.54, 1.807) is 12.1 Å². The Morgan fingerprint density at radius 2 is 1.80 bits per heavy atom. The van der Waals surface area contributed by atoms with Gasteiger partial charge in [-0.25, -0.2) is 13.6 Å². The molecular formula is C20H20F5NO4. The van der Waals surface area contributed by atoms with Crippen molar-refractivity contribution in [2.24, 2.45) is 5.92 Å². The summed E-state index contributed by atoms with van der Waals surface area (Å²) in [7, 11) is 0. The monoisotopic (exact) mass is 433 g/mol. The van der Waals surface area contributed by atoms with E-state index in [1.165, 1.54) is 30.3 Å². The minimum Gasteiger partial charge on any atom is -0.489 e. The van der Waals surface area contributed by atoms with Gasteiger partial charge in [0.05, 0.1) is 6.61 Å². The Kier molecular flexibility index (Phi) is 8.40. The van der Waals surface area contributed by atoms with Gasteiger partial charge < -0.3 is 19.9 Å². The summed E-state index contributed by atoms with van der Waals surface area (Å²) in [5.74, 6) is -2.47. The van der Waals surface area contributed by atoms with Crippen molar-refractivity contribution in [1.82, 2.24) is 5.32 Å². The smallest absolute Gasteiger partial charge is 0.489 e. The highest BCUT2D eigenvalue weighted by molar-refractivity contribution is 5.73. The third kappa shape index (κ3) is 7.51. The molecule has 3 rings (SSSR count). The fourth-order valence-electron chi connectivity index (χ4n) is 2.60. The first-order valence-corrected chi connectivity index (χ1v) is 9.02. The quantitative estimate of drug-likeness (QED) is 0.665. The molecule has 10 heteroatoms. The number of halogens is 5. The molecule has 164 valence electrons. The average Bonchev–Trinajstić information content (AvgIpc) is 2.70. The van der Waals surface area contributed by atoms with Crippen LogP contribution in [0.3, 0.4) is 0 Å². The number of piperidine rings is 1. The van der Waals surface area contributed by atoms with Gasteiger partial charge in [0, 0.05) is 12.5 Å². The fourth-order valence-corrected chi connectivity index (χ4v) is 2.60. The summed E-state index contributed by atoms with van der Waals surface area (Å²) >= 11 is 0. The predicted molar refractivity (Wildman–Crippen MR) is 97.7 cm³/mol. The molecule has 0 spiro atoms. The Morgan fingerprint density at radius 1 is 1.13 bits per heavy atom. The molecule has 1 aliphatic rings. The molecule has 30 heavy (non-hydrogen) atoms. The van der Waals surface area contributed by atoms with E-state index in [4.69, 9.17) is 19.4 Å². The highest BCUT2D eigenvalue weighted by atomic mass is 19.4. The van der Waals surface area contributed by atoms with Crippen molar-refractivity contribution in [2.45, 2.75) is 19.0 Å².